The summed E-state index contributed by atoms with van der Waals surface area (Å²) in [5, 5.41) is 2.85. The normalized spacial score (nSPS) is 10.4. The molecule has 0 amide bonds. The Bertz CT molecular complexity index is 453. The van der Waals surface area contributed by atoms with E-state index in [2.05, 4.69) is 9.82 Å². The first-order valence-corrected chi connectivity index (χ1v) is 5.62. The summed E-state index contributed by atoms with van der Waals surface area (Å²) < 4.78 is 5.09. The van der Waals surface area contributed by atoms with E-state index in [4.69, 9.17) is 10.6 Å². The predicted molar refractivity (Wildman–Crippen MR) is 63.1 cm³/mol. The Balaban J connectivity index is 2.21. The summed E-state index contributed by atoms with van der Waals surface area (Å²) in [6.45, 7) is 0.348. The molecule has 2 N–H and O–H groups in total. The van der Waals surface area contributed by atoms with Crippen LogP contribution in [0.1, 0.15) is 5.01 Å². The van der Waals surface area contributed by atoms with Gasteiger partial charge in [0.2, 0.25) is 0 Å². The van der Waals surface area contributed by atoms with Crippen LogP contribution in [0.4, 0.5) is 0 Å². The van der Waals surface area contributed by atoms with Gasteiger partial charge < -0.3 is 4.74 Å². The number of thiazole rings is 1. The molecule has 0 aliphatic carbocycles. The molecule has 0 bridgehead atoms. The molecule has 2 rings (SSSR count). The molecular weight excluding hydrogens is 224 g/mol. The average Bonchev–Trinajstić information content (AvgIpc) is 2.78. The first-order chi connectivity index (χ1) is 7.83. The molecule has 1 heterocycles. The van der Waals surface area contributed by atoms with Crippen molar-refractivity contribution in [3.8, 4) is 17.0 Å². The van der Waals surface area contributed by atoms with Crippen LogP contribution in [0, 0.1) is 0 Å². The molecule has 0 aliphatic heterocycles. The smallest absolute Gasteiger partial charge is 0.121 e. The zero-order valence-electron chi connectivity index (χ0n) is 8.84. The van der Waals surface area contributed by atoms with Crippen LogP contribution in [-0.2, 0) is 11.4 Å². The summed E-state index contributed by atoms with van der Waals surface area (Å²) in [6.07, 6.45) is 0. The third-order valence-electron chi connectivity index (χ3n) is 2.14. The highest BCUT2D eigenvalue weighted by molar-refractivity contribution is 7.09. The fourth-order valence-corrected chi connectivity index (χ4v) is 2.07. The van der Waals surface area contributed by atoms with Gasteiger partial charge in [-0.3, -0.25) is 4.84 Å². The molecule has 0 fully saturated rings. The Morgan fingerprint density at radius 2 is 2.06 bits per heavy atom. The molecule has 1 aromatic carbocycles. The Labute approximate surface area is 97.6 Å². The van der Waals surface area contributed by atoms with Gasteiger partial charge >= 0.3 is 0 Å². The molecule has 2 aromatic rings. The fourth-order valence-electron chi connectivity index (χ4n) is 1.34. The maximum atomic E-state index is 5.09. The number of nitrogens with zero attached hydrogens (tertiary/aromatic N) is 1. The molecule has 0 spiro atoms. The van der Waals surface area contributed by atoms with Crippen LogP contribution in [0.3, 0.4) is 0 Å². The van der Waals surface area contributed by atoms with Crippen molar-refractivity contribution in [3.05, 3.63) is 34.7 Å². The maximum Gasteiger partial charge on any atom is 0.121 e. The first kappa shape index (κ1) is 11.1. The zero-order valence-corrected chi connectivity index (χ0v) is 9.66. The van der Waals surface area contributed by atoms with Crippen molar-refractivity contribution in [2.45, 2.75) is 6.61 Å². The number of hydrogen-bond donors (Lipinski definition) is 1. The van der Waals surface area contributed by atoms with Crippen molar-refractivity contribution in [1.29, 1.82) is 0 Å². The minimum atomic E-state index is 0.348. The van der Waals surface area contributed by atoms with E-state index >= 15 is 0 Å². The van der Waals surface area contributed by atoms with Crippen LogP contribution in [0.25, 0.3) is 11.3 Å². The quantitative estimate of drug-likeness (QED) is 0.827. The lowest BCUT2D eigenvalue weighted by molar-refractivity contribution is 0.124. The van der Waals surface area contributed by atoms with E-state index in [1.165, 1.54) is 11.3 Å². The lowest BCUT2D eigenvalue weighted by Gasteiger charge is -2.00. The van der Waals surface area contributed by atoms with Gasteiger partial charge in [-0.25, -0.2) is 10.9 Å². The van der Waals surface area contributed by atoms with E-state index in [1.54, 1.807) is 7.11 Å². The largest absolute Gasteiger partial charge is 0.497 e. The molecule has 84 valence electrons. The SMILES string of the molecule is COc1ccc(-c2csc(CON)n2)cc1. The summed E-state index contributed by atoms with van der Waals surface area (Å²) >= 11 is 1.53. The predicted octanol–water partition coefficient (Wildman–Crippen LogP) is 2.21. The lowest BCUT2D eigenvalue weighted by Crippen LogP contribution is -1.98. The molecule has 4 nitrogen and oxygen atoms in total. The van der Waals surface area contributed by atoms with Crippen LogP contribution >= 0.6 is 11.3 Å². The van der Waals surface area contributed by atoms with Crippen molar-refractivity contribution in [2.75, 3.05) is 7.11 Å². The van der Waals surface area contributed by atoms with Gasteiger partial charge in [0.25, 0.3) is 0 Å². The molecule has 1 aromatic heterocycles. The van der Waals surface area contributed by atoms with E-state index in [9.17, 15) is 0 Å². The van der Waals surface area contributed by atoms with Gasteiger partial charge in [0.15, 0.2) is 0 Å². The number of ether oxygens (including phenoxy) is 1. The van der Waals surface area contributed by atoms with E-state index < -0.39 is 0 Å². The van der Waals surface area contributed by atoms with Crippen LogP contribution < -0.4 is 10.6 Å². The van der Waals surface area contributed by atoms with Gasteiger partial charge in [0.05, 0.1) is 12.8 Å². The topological polar surface area (TPSA) is 57.4 Å². The molecule has 0 atom stereocenters. The minimum absolute atomic E-state index is 0.348. The van der Waals surface area contributed by atoms with Crippen LogP contribution in [0.15, 0.2) is 29.6 Å². The number of rotatable bonds is 4. The minimum Gasteiger partial charge on any atom is -0.497 e. The first-order valence-electron chi connectivity index (χ1n) is 4.74. The van der Waals surface area contributed by atoms with Gasteiger partial charge in [-0.2, -0.15) is 0 Å². The fraction of sp³-hybridized carbons (Fsp3) is 0.182. The van der Waals surface area contributed by atoms with Crippen molar-refractivity contribution in [2.24, 2.45) is 5.90 Å². The summed E-state index contributed by atoms with van der Waals surface area (Å²) in [7, 11) is 1.65. The second-order valence-corrected chi connectivity index (χ2v) is 4.11. The average molecular weight is 236 g/mol. The molecule has 0 radical (unpaired) electrons. The highest BCUT2D eigenvalue weighted by Gasteiger charge is 2.04. The standard InChI is InChI=1S/C11H12N2O2S/c1-14-9-4-2-8(3-5-9)10-7-16-11(13-10)6-15-12/h2-5,7H,6,12H2,1H3. The Hall–Kier alpha value is -1.43. The number of hydrogen-bond acceptors (Lipinski definition) is 5. The van der Waals surface area contributed by atoms with Crippen LogP contribution in [0.2, 0.25) is 0 Å². The Morgan fingerprint density at radius 3 is 2.69 bits per heavy atom. The van der Waals surface area contributed by atoms with Crippen LogP contribution in [0.5, 0.6) is 5.75 Å². The molecule has 16 heavy (non-hydrogen) atoms. The van der Waals surface area contributed by atoms with Crippen molar-refractivity contribution in [3.63, 3.8) is 0 Å². The summed E-state index contributed by atoms with van der Waals surface area (Å²) in [4.78, 5) is 8.94. The Morgan fingerprint density at radius 1 is 1.31 bits per heavy atom. The number of methoxy groups -OCH3 is 1. The molecule has 0 unspecified atom stereocenters. The molecular formula is C11H12N2O2S. The maximum absolute atomic E-state index is 5.09. The van der Waals surface area contributed by atoms with Crippen LogP contribution in [-0.4, -0.2) is 12.1 Å². The summed E-state index contributed by atoms with van der Waals surface area (Å²) in [5.41, 5.74) is 1.99. The van der Waals surface area contributed by atoms with E-state index in [1.807, 2.05) is 29.6 Å². The van der Waals surface area contributed by atoms with E-state index in [0.717, 1.165) is 22.0 Å². The second kappa shape index (κ2) is 5.07. The molecule has 0 aliphatic rings. The third-order valence-corrected chi connectivity index (χ3v) is 2.97. The van der Waals surface area contributed by atoms with Gasteiger partial charge in [0.1, 0.15) is 17.4 Å². The number of aromatic nitrogens is 1. The van der Waals surface area contributed by atoms with Gasteiger partial charge in [-0.15, -0.1) is 11.3 Å². The van der Waals surface area contributed by atoms with Crippen molar-refractivity contribution < 1.29 is 9.57 Å². The van der Waals surface area contributed by atoms with Crippen molar-refractivity contribution in [1.82, 2.24) is 4.98 Å². The summed E-state index contributed by atoms with van der Waals surface area (Å²) in [5.74, 6) is 5.83. The Kier molecular flexibility index (Phi) is 3.51. The van der Waals surface area contributed by atoms with Gasteiger partial charge in [-0.1, -0.05) is 0 Å². The molecule has 0 saturated heterocycles. The zero-order chi connectivity index (χ0) is 11.4. The van der Waals surface area contributed by atoms with Crippen molar-refractivity contribution >= 4 is 11.3 Å². The second-order valence-electron chi connectivity index (χ2n) is 3.17. The highest BCUT2D eigenvalue weighted by atomic mass is 32.1. The number of nitrogens with two attached hydrogens (primary N) is 1. The van der Waals surface area contributed by atoms with E-state index in [-0.39, 0.29) is 0 Å². The monoisotopic (exact) mass is 236 g/mol. The van der Waals surface area contributed by atoms with E-state index in [0.29, 0.717) is 6.61 Å². The molecule has 0 saturated carbocycles. The van der Waals surface area contributed by atoms with Gasteiger partial charge in [-0.05, 0) is 24.3 Å². The third kappa shape index (κ3) is 2.38. The summed E-state index contributed by atoms with van der Waals surface area (Å²) in [6, 6.07) is 7.77. The lowest BCUT2D eigenvalue weighted by atomic mass is 10.2. The molecule has 5 heteroatoms. The number of benzene rings is 1. The van der Waals surface area contributed by atoms with Gasteiger partial charge in [0, 0.05) is 10.9 Å². The highest BCUT2D eigenvalue weighted by Crippen LogP contribution is 2.24.